The first kappa shape index (κ1) is 31.9. The van der Waals surface area contributed by atoms with E-state index < -0.39 is 29.8 Å². The van der Waals surface area contributed by atoms with Gasteiger partial charge in [-0.25, -0.2) is 0 Å². The van der Waals surface area contributed by atoms with Crippen LogP contribution in [-0.2, 0) is 9.47 Å². The van der Waals surface area contributed by atoms with Crippen molar-refractivity contribution in [2.45, 2.75) is 63.6 Å². The average molecular weight is 653 g/mol. The number of hydrogen-bond donors (Lipinski definition) is 5. The van der Waals surface area contributed by atoms with Crippen LogP contribution in [0, 0.1) is 19.3 Å². The molecule has 4 aromatic rings. The van der Waals surface area contributed by atoms with Gasteiger partial charge in [-0.3, -0.25) is 0 Å². The van der Waals surface area contributed by atoms with Crippen LogP contribution in [-0.4, -0.2) is 45.9 Å². The first-order valence-corrected chi connectivity index (χ1v) is 16.1. The molecule has 6 atom stereocenters. The summed E-state index contributed by atoms with van der Waals surface area (Å²) in [6, 6.07) is 21.1. The van der Waals surface area contributed by atoms with Crippen molar-refractivity contribution < 1.29 is 44.5 Å². The van der Waals surface area contributed by atoms with Crippen LogP contribution in [0.1, 0.15) is 77.1 Å². The molecule has 1 fully saturated rings. The molecule has 7 rings (SSSR count). The van der Waals surface area contributed by atoms with Crippen molar-refractivity contribution in [2.24, 2.45) is 5.41 Å². The van der Waals surface area contributed by atoms with E-state index in [4.69, 9.17) is 18.9 Å². The maximum Gasteiger partial charge on any atom is 0.160 e. The van der Waals surface area contributed by atoms with Gasteiger partial charge in [0.25, 0.3) is 0 Å². The number of rotatable bonds is 6. The standard InChI is InChI=1S/C39H40O9/c1-20-15-22(5-9-28(20)40)34-26-13-14-39(19-27(26)35(47-34)24-7-11-30(42)33(18-24)46-4)37(44)36(23-6-10-29(41)21(2)16-23)48-38(39)25-8-12-32(45-3)31(43)17-25/h5-12,15-18,34-38,40-44H,13-14,19H2,1-4H3/t34-,35+,36+,37-,38-,39-/m0/s1. The van der Waals surface area contributed by atoms with Crippen molar-refractivity contribution in [3.63, 3.8) is 0 Å². The van der Waals surface area contributed by atoms with E-state index in [1.54, 1.807) is 42.5 Å². The fourth-order valence-electron chi connectivity index (χ4n) is 7.89. The van der Waals surface area contributed by atoms with Crippen LogP contribution < -0.4 is 9.47 Å². The van der Waals surface area contributed by atoms with E-state index in [0.29, 0.717) is 41.9 Å². The first-order valence-electron chi connectivity index (χ1n) is 16.1. The highest BCUT2D eigenvalue weighted by Crippen LogP contribution is 2.65. The molecule has 0 aromatic heterocycles. The lowest BCUT2D eigenvalue weighted by atomic mass is 9.62. The Bertz CT molecular complexity index is 1920. The van der Waals surface area contributed by atoms with E-state index in [2.05, 4.69) is 0 Å². The number of phenols is 4. The van der Waals surface area contributed by atoms with Crippen LogP contribution in [0.2, 0.25) is 0 Å². The molecule has 9 heteroatoms. The molecule has 2 heterocycles. The predicted molar refractivity (Wildman–Crippen MR) is 177 cm³/mol. The van der Waals surface area contributed by atoms with Crippen LogP contribution in [0.4, 0.5) is 0 Å². The Hall–Kier alpha value is -4.70. The molecule has 5 N–H and O–H groups in total. The quantitative estimate of drug-likeness (QED) is 0.136. The minimum absolute atomic E-state index is 0.0188. The van der Waals surface area contributed by atoms with Gasteiger partial charge in [-0.1, -0.05) is 24.3 Å². The van der Waals surface area contributed by atoms with Crippen molar-refractivity contribution in [3.8, 4) is 34.5 Å². The Balaban J connectivity index is 1.37. The van der Waals surface area contributed by atoms with E-state index >= 15 is 0 Å². The van der Waals surface area contributed by atoms with Crippen LogP contribution >= 0.6 is 0 Å². The molecule has 0 amide bonds. The predicted octanol–water partition coefficient (Wildman–Crippen LogP) is 7.30. The summed E-state index contributed by atoms with van der Waals surface area (Å²) in [5.41, 5.74) is 5.88. The van der Waals surface area contributed by atoms with Gasteiger partial charge in [-0.05, 0) is 126 Å². The van der Waals surface area contributed by atoms with Crippen molar-refractivity contribution in [1.82, 2.24) is 0 Å². The Kier molecular flexibility index (Phi) is 8.02. The Morgan fingerprint density at radius 2 is 1.21 bits per heavy atom. The van der Waals surface area contributed by atoms with Crippen molar-refractivity contribution in [2.75, 3.05) is 14.2 Å². The zero-order chi connectivity index (χ0) is 33.9. The fraction of sp³-hybridized carbons (Fsp3) is 0.333. The number of phenolic OH excluding ortho intramolecular Hbond substituents is 4. The minimum Gasteiger partial charge on any atom is -0.508 e. The van der Waals surface area contributed by atoms with Gasteiger partial charge in [0.15, 0.2) is 23.0 Å². The minimum atomic E-state index is -0.949. The molecule has 0 bridgehead atoms. The second-order valence-electron chi connectivity index (χ2n) is 13.2. The van der Waals surface area contributed by atoms with Crippen LogP contribution in [0.3, 0.4) is 0 Å². The summed E-state index contributed by atoms with van der Waals surface area (Å²) < 4.78 is 24.5. The van der Waals surface area contributed by atoms with E-state index in [-0.39, 0.29) is 29.1 Å². The largest absolute Gasteiger partial charge is 0.508 e. The first-order chi connectivity index (χ1) is 23.0. The van der Waals surface area contributed by atoms with Gasteiger partial charge in [0.1, 0.15) is 29.8 Å². The lowest BCUT2D eigenvalue weighted by Crippen LogP contribution is -2.39. The van der Waals surface area contributed by atoms with Gasteiger partial charge < -0.3 is 44.5 Å². The van der Waals surface area contributed by atoms with Crippen molar-refractivity contribution in [3.05, 3.63) is 117 Å². The van der Waals surface area contributed by atoms with Gasteiger partial charge in [-0.15, -0.1) is 0 Å². The summed E-state index contributed by atoms with van der Waals surface area (Å²) in [6.07, 6.45) is -1.57. The number of aliphatic hydroxyl groups excluding tert-OH is 1. The summed E-state index contributed by atoms with van der Waals surface area (Å²) in [5.74, 6) is 1.03. The van der Waals surface area contributed by atoms with E-state index in [9.17, 15) is 25.5 Å². The Morgan fingerprint density at radius 3 is 1.85 bits per heavy atom. The number of aromatic hydroxyl groups is 4. The highest BCUT2D eigenvalue weighted by molar-refractivity contribution is 5.50. The lowest BCUT2D eigenvalue weighted by Gasteiger charge is -2.41. The van der Waals surface area contributed by atoms with Crippen molar-refractivity contribution in [1.29, 1.82) is 0 Å². The zero-order valence-corrected chi connectivity index (χ0v) is 27.3. The molecule has 250 valence electrons. The summed E-state index contributed by atoms with van der Waals surface area (Å²) in [5, 5.41) is 54.1. The number of ether oxygens (including phenoxy) is 4. The second kappa shape index (κ2) is 12.1. The highest BCUT2D eigenvalue weighted by atomic mass is 16.5. The smallest absolute Gasteiger partial charge is 0.160 e. The Morgan fingerprint density at radius 1 is 0.625 bits per heavy atom. The molecular weight excluding hydrogens is 612 g/mol. The lowest BCUT2D eigenvalue weighted by molar-refractivity contribution is 0.00310. The van der Waals surface area contributed by atoms with Crippen molar-refractivity contribution >= 4 is 0 Å². The van der Waals surface area contributed by atoms with Gasteiger partial charge in [0.2, 0.25) is 0 Å². The summed E-state index contributed by atoms with van der Waals surface area (Å²) >= 11 is 0. The van der Waals surface area contributed by atoms with Gasteiger partial charge >= 0.3 is 0 Å². The van der Waals surface area contributed by atoms with Gasteiger partial charge in [0.05, 0.1) is 26.4 Å². The number of hydrogen-bond acceptors (Lipinski definition) is 9. The molecule has 1 spiro atoms. The third-order valence-electron chi connectivity index (χ3n) is 10.5. The third-order valence-corrected chi connectivity index (χ3v) is 10.5. The number of aryl methyl sites for hydroxylation is 2. The van der Waals surface area contributed by atoms with E-state index in [1.165, 1.54) is 14.2 Å². The fourth-order valence-corrected chi connectivity index (χ4v) is 7.89. The SMILES string of the molecule is COc1ccc([C@@H]2O[C@H](c3ccc(O)c(C)c3)[C@H](O)[C@@]23CCC2=C(C3)[C@@H](c3ccc(O)c(OC)c3)O[C@H]2c2ccc(O)c(C)c2)cc1O. The Labute approximate surface area is 279 Å². The zero-order valence-electron chi connectivity index (χ0n) is 27.3. The summed E-state index contributed by atoms with van der Waals surface area (Å²) in [4.78, 5) is 0. The molecule has 0 radical (unpaired) electrons. The molecular formula is C39H40O9. The molecule has 0 unspecified atom stereocenters. The maximum atomic E-state index is 12.4. The normalized spacial score (nSPS) is 26.6. The van der Waals surface area contributed by atoms with Gasteiger partial charge in [0, 0.05) is 5.41 Å². The van der Waals surface area contributed by atoms with Crippen LogP contribution in [0.15, 0.2) is 83.9 Å². The number of methoxy groups -OCH3 is 2. The van der Waals surface area contributed by atoms with Crippen LogP contribution in [0.5, 0.6) is 34.5 Å². The summed E-state index contributed by atoms with van der Waals surface area (Å²) in [6.45, 7) is 3.66. The van der Waals surface area contributed by atoms with E-state index in [1.807, 2.05) is 44.2 Å². The molecule has 0 saturated carbocycles. The summed E-state index contributed by atoms with van der Waals surface area (Å²) in [7, 11) is 3.00. The topological polar surface area (TPSA) is 138 Å². The molecule has 1 saturated heterocycles. The number of aliphatic hydroxyl groups is 1. The number of benzene rings is 4. The molecule has 48 heavy (non-hydrogen) atoms. The third kappa shape index (κ3) is 5.13. The molecule has 1 aliphatic carbocycles. The maximum absolute atomic E-state index is 12.4. The van der Waals surface area contributed by atoms with E-state index in [0.717, 1.165) is 33.4 Å². The van der Waals surface area contributed by atoms with Gasteiger partial charge in [-0.2, -0.15) is 0 Å². The highest BCUT2D eigenvalue weighted by Gasteiger charge is 2.59. The molecule has 2 aliphatic heterocycles. The van der Waals surface area contributed by atoms with Crippen LogP contribution in [0.25, 0.3) is 0 Å². The monoisotopic (exact) mass is 652 g/mol. The second-order valence-corrected chi connectivity index (χ2v) is 13.2. The molecule has 3 aliphatic rings. The average Bonchev–Trinajstić information content (AvgIpc) is 3.59. The molecule has 4 aromatic carbocycles. The molecule has 9 nitrogen and oxygen atoms in total.